The van der Waals surface area contributed by atoms with Crippen LogP contribution < -0.4 is 0 Å². The van der Waals surface area contributed by atoms with Gasteiger partial charge in [-0.3, -0.25) is 28.8 Å². The van der Waals surface area contributed by atoms with Crippen LogP contribution in [0.2, 0.25) is 0 Å². The number of carboxylic acids is 2. The van der Waals surface area contributed by atoms with E-state index in [1.54, 1.807) is 0 Å². The summed E-state index contributed by atoms with van der Waals surface area (Å²) in [7, 11) is 0. The van der Waals surface area contributed by atoms with E-state index in [1.165, 1.54) is 0 Å². The van der Waals surface area contributed by atoms with Gasteiger partial charge in [0.25, 0.3) is 0 Å². The molecule has 0 aromatic rings. The van der Waals surface area contributed by atoms with Gasteiger partial charge >= 0.3 is 35.8 Å². The standard InChI is InChI=1S/C21H28O14/c22-9-1-3-17(28)32-11-21(12-33-18(29)4-2-10-23,13-34-19(30)7-5-15(24)25)14-35-20(31)8-6-16(26)27/h9-10H,1-8,11-14H2,(H,24,25)(H,26,27). The quantitative estimate of drug-likeness (QED) is 0.125. The minimum absolute atomic E-state index is 0.138. The molecule has 0 heterocycles. The van der Waals surface area contributed by atoms with Crippen molar-refractivity contribution in [2.45, 2.75) is 51.4 Å². The predicted molar refractivity (Wildman–Crippen MR) is 111 cm³/mol. The number of hydrogen-bond acceptors (Lipinski definition) is 12. The second kappa shape index (κ2) is 17.6. The zero-order valence-electron chi connectivity index (χ0n) is 18.9. The lowest BCUT2D eigenvalue weighted by molar-refractivity contribution is -0.172. The van der Waals surface area contributed by atoms with Crippen molar-refractivity contribution in [3.63, 3.8) is 0 Å². The number of carbonyl (C=O) groups excluding carboxylic acids is 6. The van der Waals surface area contributed by atoms with Gasteiger partial charge in [0, 0.05) is 12.8 Å². The summed E-state index contributed by atoms with van der Waals surface area (Å²) in [5.41, 5.74) is -1.65. The average molecular weight is 504 g/mol. The highest BCUT2D eigenvalue weighted by molar-refractivity contribution is 5.77. The smallest absolute Gasteiger partial charge is 0.306 e. The maximum Gasteiger partial charge on any atom is 0.306 e. The predicted octanol–water partition coefficient (Wildman–Crippen LogP) is -0.167. The molecule has 14 nitrogen and oxygen atoms in total. The van der Waals surface area contributed by atoms with Crippen LogP contribution in [-0.2, 0) is 57.3 Å². The van der Waals surface area contributed by atoms with Gasteiger partial charge in [-0.05, 0) is 0 Å². The van der Waals surface area contributed by atoms with Gasteiger partial charge in [-0.1, -0.05) is 0 Å². The number of carbonyl (C=O) groups is 8. The van der Waals surface area contributed by atoms with Gasteiger partial charge in [0.05, 0.1) is 38.5 Å². The fourth-order valence-electron chi connectivity index (χ4n) is 2.24. The molecule has 0 radical (unpaired) electrons. The third kappa shape index (κ3) is 16.4. The minimum atomic E-state index is -1.65. The molecule has 35 heavy (non-hydrogen) atoms. The summed E-state index contributed by atoms with van der Waals surface area (Å²) in [6, 6.07) is 0. The molecule has 0 spiro atoms. The highest BCUT2D eigenvalue weighted by Crippen LogP contribution is 2.22. The summed E-state index contributed by atoms with van der Waals surface area (Å²) in [6.07, 6.45) is -1.93. The van der Waals surface area contributed by atoms with Crippen molar-refractivity contribution in [3.05, 3.63) is 0 Å². The molecule has 0 aliphatic rings. The summed E-state index contributed by atoms with van der Waals surface area (Å²) in [5, 5.41) is 17.4. The van der Waals surface area contributed by atoms with Gasteiger partial charge in [0.1, 0.15) is 44.4 Å². The van der Waals surface area contributed by atoms with Crippen molar-refractivity contribution in [2.75, 3.05) is 26.4 Å². The number of esters is 4. The van der Waals surface area contributed by atoms with Crippen LogP contribution in [-0.4, -0.2) is 85.0 Å². The van der Waals surface area contributed by atoms with Crippen LogP contribution in [0.25, 0.3) is 0 Å². The molecule has 196 valence electrons. The summed E-state index contributed by atoms with van der Waals surface area (Å²) < 4.78 is 20.2. The first-order chi connectivity index (χ1) is 16.5. The van der Waals surface area contributed by atoms with Crippen LogP contribution >= 0.6 is 0 Å². The third-order valence-corrected chi connectivity index (χ3v) is 4.18. The van der Waals surface area contributed by atoms with E-state index in [-0.39, 0.29) is 25.7 Å². The zero-order chi connectivity index (χ0) is 26.7. The Balaban J connectivity index is 5.57. The van der Waals surface area contributed by atoms with Crippen LogP contribution in [0.1, 0.15) is 51.4 Å². The molecule has 0 unspecified atom stereocenters. The Bertz CT molecular complexity index is 708. The minimum Gasteiger partial charge on any atom is -0.481 e. The van der Waals surface area contributed by atoms with E-state index in [2.05, 4.69) is 0 Å². The summed E-state index contributed by atoms with van der Waals surface area (Å²) >= 11 is 0. The molecular formula is C21H28O14. The van der Waals surface area contributed by atoms with Crippen molar-refractivity contribution < 1.29 is 67.5 Å². The first-order valence-corrected chi connectivity index (χ1v) is 10.5. The number of carboxylic acid groups (broad SMARTS) is 2. The molecule has 0 rings (SSSR count). The normalized spacial score (nSPS) is 10.5. The van der Waals surface area contributed by atoms with E-state index in [0.29, 0.717) is 12.6 Å². The molecule has 14 heteroatoms. The van der Waals surface area contributed by atoms with Crippen LogP contribution in [0.15, 0.2) is 0 Å². The summed E-state index contributed by atoms with van der Waals surface area (Å²) in [4.78, 5) is 89.8. The van der Waals surface area contributed by atoms with Gasteiger partial charge < -0.3 is 38.7 Å². The van der Waals surface area contributed by atoms with Crippen molar-refractivity contribution in [3.8, 4) is 0 Å². The number of ether oxygens (including phenoxy) is 4. The fraction of sp³-hybridized carbons (Fsp3) is 0.619. The highest BCUT2D eigenvalue weighted by Gasteiger charge is 2.38. The molecule has 0 aliphatic carbocycles. The lowest BCUT2D eigenvalue weighted by Gasteiger charge is -2.31. The van der Waals surface area contributed by atoms with Crippen LogP contribution in [0.5, 0.6) is 0 Å². The molecular weight excluding hydrogens is 476 g/mol. The van der Waals surface area contributed by atoms with E-state index in [4.69, 9.17) is 29.2 Å². The van der Waals surface area contributed by atoms with E-state index in [0.717, 1.165) is 0 Å². The topological polar surface area (TPSA) is 214 Å². The maximum atomic E-state index is 11.9. The first-order valence-electron chi connectivity index (χ1n) is 10.5. The number of aliphatic carboxylic acids is 2. The first kappa shape index (κ1) is 31.2. The van der Waals surface area contributed by atoms with Crippen molar-refractivity contribution >= 4 is 48.4 Å². The molecule has 0 atom stereocenters. The third-order valence-electron chi connectivity index (χ3n) is 4.18. The Morgan fingerprint density at radius 2 is 0.800 bits per heavy atom. The van der Waals surface area contributed by atoms with E-state index < -0.39 is 93.3 Å². The molecule has 0 aromatic carbocycles. The maximum absolute atomic E-state index is 11.9. The lowest BCUT2D eigenvalue weighted by atomic mass is 9.92. The van der Waals surface area contributed by atoms with E-state index >= 15 is 0 Å². The summed E-state index contributed by atoms with van der Waals surface area (Å²) in [5.74, 6) is -6.07. The molecule has 0 aliphatic heterocycles. The molecule has 0 aromatic heterocycles. The Labute approximate surface area is 199 Å². The van der Waals surface area contributed by atoms with Gasteiger partial charge in [-0.15, -0.1) is 0 Å². The molecule has 0 fully saturated rings. The largest absolute Gasteiger partial charge is 0.481 e. The van der Waals surface area contributed by atoms with Crippen molar-refractivity contribution in [2.24, 2.45) is 5.41 Å². The van der Waals surface area contributed by atoms with Crippen LogP contribution in [0.3, 0.4) is 0 Å². The summed E-state index contributed by atoms with van der Waals surface area (Å²) in [6.45, 7) is -2.49. The number of aldehydes is 2. The second-order valence-electron chi connectivity index (χ2n) is 7.34. The average Bonchev–Trinajstić information content (AvgIpc) is 2.82. The number of hydrogen-bond donors (Lipinski definition) is 2. The molecule has 0 saturated carbocycles. The van der Waals surface area contributed by atoms with Gasteiger partial charge in [0.15, 0.2) is 0 Å². The van der Waals surface area contributed by atoms with E-state index in [9.17, 15) is 38.4 Å². The van der Waals surface area contributed by atoms with E-state index in [1.807, 2.05) is 0 Å². The van der Waals surface area contributed by atoms with Crippen molar-refractivity contribution in [1.82, 2.24) is 0 Å². The molecule has 2 N–H and O–H groups in total. The molecule has 0 saturated heterocycles. The Hall–Kier alpha value is -3.84. The SMILES string of the molecule is O=CCCC(=O)OCC(COC(=O)CCC=O)(COC(=O)CCC(=O)O)COC(=O)CCC(=O)O. The van der Waals surface area contributed by atoms with Crippen LogP contribution in [0.4, 0.5) is 0 Å². The Kier molecular flexibility index (Phi) is 15.7. The van der Waals surface area contributed by atoms with Gasteiger partial charge in [-0.2, -0.15) is 0 Å². The zero-order valence-corrected chi connectivity index (χ0v) is 18.9. The molecule has 0 bridgehead atoms. The second-order valence-corrected chi connectivity index (χ2v) is 7.34. The molecule has 0 amide bonds. The van der Waals surface area contributed by atoms with Gasteiger partial charge in [0.2, 0.25) is 0 Å². The highest BCUT2D eigenvalue weighted by atomic mass is 16.6. The van der Waals surface area contributed by atoms with Crippen LogP contribution in [0, 0.1) is 5.41 Å². The Morgan fingerprint density at radius 3 is 1.06 bits per heavy atom. The van der Waals surface area contributed by atoms with Gasteiger partial charge in [-0.25, -0.2) is 0 Å². The van der Waals surface area contributed by atoms with Crippen molar-refractivity contribution in [1.29, 1.82) is 0 Å². The fourth-order valence-corrected chi connectivity index (χ4v) is 2.24. The lowest BCUT2D eigenvalue weighted by Crippen LogP contribution is -2.44. The number of rotatable bonds is 20. The Morgan fingerprint density at radius 1 is 0.514 bits per heavy atom. The monoisotopic (exact) mass is 504 g/mol.